The number of nitrogens with one attached hydrogen (secondary N) is 1. The van der Waals surface area contributed by atoms with E-state index in [4.69, 9.17) is 0 Å². The van der Waals surface area contributed by atoms with Crippen molar-refractivity contribution in [1.82, 2.24) is 5.32 Å². The van der Waals surface area contributed by atoms with Crippen LogP contribution in [0.1, 0.15) is 36.9 Å². The Morgan fingerprint density at radius 2 is 1.83 bits per heavy atom. The van der Waals surface area contributed by atoms with Crippen LogP contribution in [0, 0.1) is 0 Å². The van der Waals surface area contributed by atoms with E-state index in [9.17, 15) is 18.3 Å². The van der Waals surface area contributed by atoms with Crippen molar-refractivity contribution in [3.8, 4) is 0 Å². The highest BCUT2D eigenvalue weighted by molar-refractivity contribution is 5.27. The Labute approximate surface area is 104 Å². The normalized spacial score (nSPS) is 19.6. The molecule has 1 aliphatic rings. The van der Waals surface area contributed by atoms with E-state index in [1.165, 1.54) is 12.1 Å². The molecule has 1 saturated carbocycles. The van der Waals surface area contributed by atoms with Gasteiger partial charge in [-0.15, -0.1) is 0 Å². The van der Waals surface area contributed by atoms with Gasteiger partial charge in [0.15, 0.2) is 0 Å². The molecule has 0 radical (unpaired) electrons. The van der Waals surface area contributed by atoms with Crippen LogP contribution in [0.25, 0.3) is 0 Å². The van der Waals surface area contributed by atoms with E-state index in [0.29, 0.717) is 0 Å². The van der Waals surface area contributed by atoms with E-state index >= 15 is 0 Å². The maximum Gasteiger partial charge on any atom is 0.416 e. The lowest BCUT2D eigenvalue weighted by Gasteiger charge is -2.21. The molecule has 2 N–H and O–H groups in total. The van der Waals surface area contributed by atoms with E-state index in [1.807, 2.05) is 6.92 Å². The van der Waals surface area contributed by atoms with Crippen molar-refractivity contribution < 1.29 is 18.3 Å². The third kappa shape index (κ3) is 2.84. The van der Waals surface area contributed by atoms with Gasteiger partial charge in [0.2, 0.25) is 0 Å². The second-order valence-corrected chi connectivity index (χ2v) is 4.92. The molecular formula is C13H16F3NO. The summed E-state index contributed by atoms with van der Waals surface area (Å²) in [4.78, 5) is 0. The molecule has 0 saturated heterocycles. The van der Waals surface area contributed by atoms with E-state index in [-0.39, 0.29) is 18.2 Å². The Bertz CT molecular complexity index is 409. The number of alkyl halides is 3. The number of aliphatic hydroxyl groups excluding tert-OH is 1. The van der Waals surface area contributed by atoms with Crippen LogP contribution in [-0.2, 0) is 6.18 Å². The van der Waals surface area contributed by atoms with Gasteiger partial charge < -0.3 is 10.4 Å². The molecule has 18 heavy (non-hydrogen) atoms. The van der Waals surface area contributed by atoms with Gasteiger partial charge in [0.05, 0.1) is 12.2 Å². The van der Waals surface area contributed by atoms with Crippen LogP contribution in [0.3, 0.4) is 0 Å². The first-order chi connectivity index (χ1) is 8.36. The third-order valence-corrected chi connectivity index (χ3v) is 3.42. The maximum atomic E-state index is 12.4. The summed E-state index contributed by atoms with van der Waals surface area (Å²) in [6, 6.07) is 5.07. The minimum Gasteiger partial charge on any atom is -0.394 e. The fourth-order valence-corrected chi connectivity index (χ4v) is 2.00. The number of benzene rings is 1. The predicted molar refractivity (Wildman–Crippen MR) is 62.0 cm³/mol. The second kappa shape index (κ2) is 4.55. The number of aliphatic hydroxyl groups is 1. The van der Waals surface area contributed by atoms with Gasteiger partial charge in [0.25, 0.3) is 0 Å². The molecule has 0 bridgehead atoms. The summed E-state index contributed by atoms with van der Waals surface area (Å²) < 4.78 is 37.2. The minimum absolute atomic E-state index is 0.0674. The molecule has 5 heteroatoms. The lowest BCUT2D eigenvalue weighted by Crippen LogP contribution is -2.36. The zero-order valence-electron chi connectivity index (χ0n) is 10.1. The quantitative estimate of drug-likeness (QED) is 0.871. The Hall–Kier alpha value is -1.07. The first-order valence-electron chi connectivity index (χ1n) is 5.92. The van der Waals surface area contributed by atoms with Crippen molar-refractivity contribution in [3.05, 3.63) is 35.4 Å². The monoisotopic (exact) mass is 259 g/mol. The van der Waals surface area contributed by atoms with Crippen LogP contribution in [0.5, 0.6) is 0 Å². The molecule has 1 aliphatic carbocycles. The van der Waals surface area contributed by atoms with Crippen LogP contribution in [-0.4, -0.2) is 17.3 Å². The van der Waals surface area contributed by atoms with Gasteiger partial charge in [0, 0.05) is 11.6 Å². The van der Waals surface area contributed by atoms with Crippen molar-refractivity contribution >= 4 is 0 Å². The van der Waals surface area contributed by atoms with Crippen molar-refractivity contribution in [1.29, 1.82) is 0 Å². The first kappa shape index (κ1) is 13.4. The highest BCUT2D eigenvalue weighted by atomic mass is 19.4. The summed E-state index contributed by atoms with van der Waals surface area (Å²) in [5, 5.41) is 12.5. The molecule has 0 heterocycles. The zero-order chi connectivity index (χ0) is 13.4. The average Bonchev–Trinajstić information content (AvgIpc) is 3.08. The van der Waals surface area contributed by atoms with Gasteiger partial charge in [0.1, 0.15) is 0 Å². The van der Waals surface area contributed by atoms with E-state index in [2.05, 4.69) is 5.32 Å². The molecule has 1 aromatic rings. The molecule has 1 atom stereocenters. The molecular weight excluding hydrogens is 243 g/mol. The SMILES string of the molecule is CC(NC1(CO)CC1)c1ccc(C(F)(F)F)cc1. The smallest absolute Gasteiger partial charge is 0.394 e. The number of rotatable bonds is 4. The highest BCUT2D eigenvalue weighted by Crippen LogP contribution is 2.37. The van der Waals surface area contributed by atoms with Crippen LogP contribution in [0.15, 0.2) is 24.3 Å². The maximum absolute atomic E-state index is 12.4. The minimum atomic E-state index is -4.29. The van der Waals surface area contributed by atoms with Crippen molar-refractivity contribution in [2.24, 2.45) is 0 Å². The highest BCUT2D eigenvalue weighted by Gasteiger charge is 2.42. The molecule has 1 fully saturated rings. The van der Waals surface area contributed by atoms with Gasteiger partial charge >= 0.3 is 6.18 Å². The predicted octanol–water partition coefficient (Wildman–Crippen LogP) is 2.88. The summed E-state index contributed by atoms with van der Waals surface area (Å²) in [5.41, 5.74) is -0.0632. The molecule has 1 unspecified atom stereocenters. The summed E-state index contributed by atoms with van der Waals surface area (Å²) in [6.45, 7) is 1.95. The number of hydrogen-bond acceptors (Lipinski definition) is 2. The molecule has 2 rings (SSSR count). The van der Waals surface area contributed by atoms with Crippen LogP contribution in [0.2, 0.25) is 0 Å². The summed E-state index contributed by atoms with van der Waals surface area (Å²) >= 11 is 0. The van der Waals surface area contributed by atoms with Gasteiger partial charge in [-0.05, 0) is 37.5 Å². The van der Waals surface area contributed by atoms with Crippen LogP contribution < -0.4 is 5.32 Å². The molecule has 1 aromatic carbocycles. The molecule has 0 aromatic heterocycles. The zero-order valence-corrected chi connectivity index (χ0v) is 10.1. The summed E-state index contributed by atoms with van der Waals surface area (Å²) in [5.74, 6) is 0. The molecule has 0 aliphatic heterocycles. The largest absolute Gasteiger partial charge is 0.416 e. The first-order valence-corrected chi connectivity index (χ1v) is 5.92. The molecule has 0 amide bonds. The van der Waals surface area contributed by atoms with E-state index in [1.54, 1.807) is 0 Å². The van der Waals surface area contributed by atoms with Gasteiger partial charge in [-0.2, -0.15) is 13.2 Å². The van der Waals surface area contributed by atoms with Gasteiger partial charge in [-0.3, -0.25) is 0 Å². The van der Waals surface area contributed by atoms with E-state index < -0.39 is 11.7 Å². The molecule has 100 valence electrons. The fourth-order valence-electron chi connectivity index (χ4n) is 2.00. The number of halogens is 3. The van der Waals surface area contributed by atoms with Gasteiger partial charge in [-0.1, -0.05) is 12.1 Å². The standard InChI is InChI=1S/C13H16F3NO/c1-9(17-12(8-18)6-7-12)10-2-4-11(5-3-10)13(14,15)16/h2-5,9,17-18H,6-8H2,1H3. The lowest BCUT2D eigenvalue weighted by atomic mass is 10.0. The van der Waals surface area contributed by atoms with Crippen LogP contribution in [0.4, 0.5) is 13.2 Å². The third-order valence-electron chi connectivity index (χ3n) is 3.42. The van der Waals surface area contributed by atoms with Gasteiger partial charge in [-0.25, -0.2) is 0 Å². The summed E-state index contributed by atoms with van der Waals surface area (Å²) in [7, 11) is 0. The molecule has 0 spiro atoms. The Morgan fingerprint density at radius 1 is 1.28 bits per heavy atom. The second-order valence-electron chi connectivity index (χ2n) is 4.92. The Morgan fingerprint density at radius 3 is 2.22 bits per heavy atom. The topological polar surface area (TPSA) is 32.3 Å². The van der Waals surface area contributed by atoms with Crippen LogP contribution >= 0.6 is 0 Å². The van der Waals surface area contributed by atoms with Crippen molar-refractivity contribution in [2.45, 2.75) is 37.5 Å². The van der Waals surface area contributed by atoms with Crippen molar-refractivity contribution in [3.63, 3.8) is 0 Å². The summed E-state index contributed by atoms with van der Waals surface area (Å²) in [6.07, 6.45) is -2.47. The fraction of sp³-hybridized carbons (Fsp3) is 0.538. The van der Waals surface area contributed by atoms with E-state index in [0.717, 1.165) is 30.5 Å². The average molecular weight is 259 g/mol. The number of hydrogen-bond donors (Lipinski definition) is 2. The Kier molecular flexibility index (Phi) is 3.38. The Balaban J connectivity index is 2.05. The molecule has 2 nitrogen and oxygen atoms in total. The lowest BCUT2D eigenvalue weighted by molar-refractivity contribution is -0.137. The van der Waals surface area contributed by atoms with Crippen molar-refractivity contribution in [2.75, 3.05) is 6.61 Å².